The van der Waals surface area contributed by atoms with E-state index in [1.165, 1.54) is 22.2 Å². The number of aromatic nitrogens is 6. The van der Waals surface area contributed by atoms with Crippen molar-refractivity contribution in [3.8, 4) is 23.3 Å². The normalized spacial score (nSPS) is 10.3. The smallest absolute Gasteiger partial charge is 0.277 e. The molecule has 0 radical (unpaired) electrons. The molecule has 0 unspecified atom stereocenters. The monoisotopic (exact) mass is 374 g/mol. The molecule has 27 heavy (non-hydrogen) atoms. The van der Waals surface area contributed by atoms with Crippen LogP contribution in [-0.2, 0) is 0 Å². The van der Waals surface area contributed by atoms with Crippen molar-refractivity contribution in [3.63, 3.8) is 0 Å². The molecule has 0 spiro atoms. The highest BCUT2D eigenvalue weighted by atomic mass is 32.1. The number of anilines is 1. The first kappa shape index (κ1) is 16.5. The molecule has 130 valence electrons. The number of thiazole rings is 1. The first-order valence-electron chi connectivity index (χ1n) is 7.70. The van der Waals surface area contributed by atoms with Gasteiger partial charge in [-0.2, -0.15) is 9.94 Å². The van der Waals surface area contributed by atoms with E-state index in [1.54, 1.807) is 48.1 Å². The number of carbonyl (C=O) groups excluding carboxylic acids is 1. The lowest BCUT2D eigenvalue weighted by molar-refractivity contribution is 0.101. The standard InChI is InChI=1S/C17H10N8OS/c18-8-11-4-6-19-12(7-11)13-10-27-17(22-13)23-16(26)14-9-21-24-25(14)15-3-1-2-5-20-15/h1-7,9-10H,(H,22,23,26). The SMILES string of the molecule is N#Cc1ccnc(-c2csc(NC(=O)c3cnnn3-c3ccccn3)n2)c1. The molecule has 1 N–H and O–H groups in total. The predicted molar refractivity (Wildman–Crippen MR) is 97.2 cm³/mol. The third kappa shape index (κ3) is 3.39. The number of nitrogens with zero attached hydrogens (tertiary/aromatic N) is 7. The Balaban J connectivity index is 1.56. The van der Waals surface area contributed by atoms with Gasteiger partial charge in [0, 0.05) is 17.8 Å². The Kier molecular flexibility index (Phi) is 4.34. The van der Waals surface area contributed by atoms with Crippen LogP contribution in [0.1, 0.15) is 16.1 Å². The van der Waals surface area contributed by atoms with Crippen LogP contribution in [0.2, 0.25) is 0 Å². The number of nitriles is 1. The van der Waals surface area contributed by atoms with Crippen LogP contribution in [0, 0.1) is 11.3 Å². The molecular weight excluding hydrogens is 364 g/mol. The summed E-state index contributed by atoms with van der Waals surface area (Å²) in [6.07, 6.45) is 4.51. The maximum Gasteiger partial charge on any atom is 0.277 e. The van der Waals surface area contributed by atoms with Crippen molar-refractivity contribution in [3.05, 3.63) is 65.6 Å². The summed E-state index contributed by atoms with van der Waals surface area (Å²) in [6, 6.07) is 10.6. The maximum atomic E-state index is 12.6. The quantitative estimate of drug-likeness (QED) is 0.581. The summed E-state index contributed by atoms with van der Waals surface area (Å²) in [5.41, 5.74) is 1.86. The highest BCUT2D eigenvalue weighted by Gasteiger charge is 2.17. The van der Waals surface area contributed by atoms with Crippen molar-refractivity contribution in [1.29, 1.82) is 5.26 Å². The number of hydrogen-bond donors (Lipinski definition) is 1. The Morgan fingerprint density at radius 2 is 2.11 bits per heavy atom. The summed E-state index contributed by atoms with van der Waals surface area (Å²) in [7, 11) is 0. The Bertz CT molecular complexity index is 1140. The van der Waals surface area contributed by atoms with E-state index in [4.69, 9.17) is 5.26 Å². The fraction of sp³-hybridized carbons (Fsp3) is 0. The highest BCUT2D eigenvalue weighted by molar-refractivity contribution is 7.14. The van der Waals surface area contributed by atoms with Gasteiger partial charge in [-0.15, -0.1) is 16.4 Å². The first-order chi connectivity index (χ1) is 13.2. The molecule has 0 aliphatic rings. The van der Waals surface area contributed by atoms with E-state index >= 15 is 0 Å². The topological polar surface area (TPSA) is 122 Å². The molecule has 4 aromatic heterocycles. The largest absolute Gasteiger partial charge is 0.296 e. The molecule has 0 fully saturated rings. The molecule has 0 atom stereocenters. The van der Waals surface area contributed by atoms with Crippen molar-refractivity contribution < 1.29 is 4.79 Å². The summed E-state index contributed by atoms with van der Waals surface area (Å²) in [5, 5.41) is 21.6. The number of nitrogens with one attached hydrogen (secondary N) is 1. The molecule has 0 bridgehead atoms. The fourth-order valence-corrected chi connectivity index (χ4v) is 2.99. The lowest BCUT2D eigenvalue weighted by Gasteiger charge is -2.04. The van der Waals surface area contributed by atoms with Crippen molar-refractivity contribution in [2.45, 2.75) is 0 Å². The summed E-state index contributed by atoms with van der Waals surface area (Å²) in [5.74, 6) is 0.0720. The summed E-state index contributed by atoms with van der Waals surface area (Å²) >= 11 is 1.25. The summed E-state index contributed by atoms with van der Waals surface area (Å²) in [4.78, 5) is 25.3. The van der Waals surface area contributed by atoms with Crippen LogP contribution >= 0.6 is 11.3 Å². The number of amides is 1. The Morgan fingerprint density at radius 1 is 1.19 bits per heavy atom. The number of pyridine rings is 2. The van der Waals surface area contributed by atoms with Gasteiger partial charge in [-0.1, -0.05) is 11.3 Å². The van der Waals surface area contributed by atoms with Gasteiger partial charge in [0.05, 0.1) is 23.5 Å². The molecule has 0 saturated carbocycles. The molecule has 9 nitrogen and oxygen atoms in total. The molecule has 4 heterocycles. The fourth-order valence-electron chi connectivity index (χ4n) is 2.29. The number of rotatable bonds is 4. The van der Waals surface area contributed by atoms with Gasteiger partial charge in [0.25, 0.3) is 5.91 Å². The van der Waals surface area contributed by atoms with Crippen molar-refractivity contribution in [1.82, 2.24) is 29.9 Å². The third-order valence-electron chi connectivity index (χ3n) is 3.52. The molecular formula is C17H10N8OS. The minimum Gasteiger partial charge on any atom is -0.296 e. The average Bonchev–Trinajstić information content (AvgIpc) is 3.38. The average molecular weight is 374 g/mol. The van der Waals surface area contributed by atoms with Crippen LogP contribution in [0.25, 0.3) is 17.2 Å². The van der Waals surface area contributed by atoms with E-state index in [0.717, 1.165) is 0 Å². The van der Waals surface area contributed by atoms with Crippen LogP contribution in [0.15, 0.2) is 54.3 Å². The highest BCUT2D eigenvalue weighted by Crippen LogP contribution is 2.24. The minimum absolute atomic E-state index is 0.232. The van der Waals surface area contributed by atoms with E-state index < -0.39 is 5.91 Å². The lowest BCUT2D eigenvalue weighted by Crippen LogP contribution is -2.17. The Hall–Kier alpha value is -3.97. The van der Waals surface area contributed by atoms with Gasteiger partial charge in [0.1, 0.15) is 5.69 Å². The van der Waals surface area contributed by atoms with Gasteiger partial charge in [0.15, 0.2) is 16.6 Å². The second kappa shape index (κ2) is 7.11. The molecule has 10 heteroatoms. The summed E-state index contributed by atoms with van der Waals surface area (Å²) < 4.78 is 1.35. The summed E-state index contributed by atoms with van der Waals surface area (Å²) in [6.45, 7) is 0. The zero-order valence-corrected chi connectivity index (χ0v) is 14.5. The zero-order chi connectivity index (χ0) is 18.6. The Morgan fingerprint density at radius 3 is 2.93 bits per heavy atom. The van der Waals surface area contributed by atoms with E-state index in [9.17, 15) is 4.79 Å². The second-order valence-electron chi connectivity index (χ2n) is 5.25. The zero-order valence-electron chi connectivity index (χ0n) is 13.6. The van der Waals surface area contributed by atoms with Crippen molar-refractivity contribution in [2.75, 3.05) is 5.32 Å². The number of carbonyl (C=O) groups is 1. The van der Waals surface area contributed by atoms with Gasteiger partial charge < -0.3 is 0 Å². The lowest BCUT2D eigenvalue weighted by atomic mass is 10.2. The molecule has 0 aliphatic carbocycles. The van der Waals surface area contributed by atoms with Gasteiger partial charge in [-0.05, 0) is 24.3 Å². The second-order valence-corrected chi connectivity index (χ2v) is 6.11. The first-order valence-corrected chi connectivity index (χ1v) is 8.58. The van der Waals surface area contributed by atoms with Crippen LogP contribution in [0.3, 0.4) is 0 Å². The van der Waals surface area contributed by atoms with Crippen molar-refractivity contribution in [2.24, 2.45) is 0 Å². The van der Waals surface area contributed by atoms with Crippen molar-refractivity contribution >= 4 is 22.4 Å². The van der Waals surface area contributed by atoms with Crippen LogP contribution in [0.4, 0.5) is 5.13 Å². The van der Waals surface area contributed by atoms with Crippen LogP contribution < -0.4 is 5.32 Å². The van der Waals surface area contributed by atoms with Crippen LogP contribution in [-0.4, -0.2) is 35.9 Å². The molecule has 1 amide bonds. The van der Waals surface area contributed by atoms with Gasteiger partial charge in [0.2, 0.25) is 0 Å². The Labute approximate surface area is 157 Å². The molecule has 0 aromatic carbocycles. The number of hydrogen-bond acceptors (Lipinski definition) is 8. The molecule has 0 saturated heterocycles. The molecule has 4 rings (SSSR count). The van der Waals surface area contributed by atoms with Gasteiger partial charge in [-0.3, -0.25) is 15.1 Å². The van der Waals surface area contributed by atoms with E-state index in [2.05, 4.69) is 36.7 Å². The third-order valence-corrected chi connectivity index (χ3v) is 4.28. The molecule has 0 aliphatic heterocycles. The van der Waals surface area contributed by atoms with Gasteiger partial charge in [-0.25, -0.2) is 9.97 Å². The molecule has 4 aromatic rings. The van der Waals surface area contributed by atoms with E-state index in [1.807, 2.05) is 0 Å². The van der Waals surface area contributed by atoms with E-state index in [-0.39, 0.29) is 5.69 Å². The van der Waals surface area contributed by atoms with Gasteiger partial charge >= 0.3 is 0 Å². The van der Waals surface area contributed by atoms with E-state index in [0.29, 0.717) is 27.9 Å². The maximum absolute atomic E-state index is 12.6. The predicted octanol–water partition coefficient (Wildman–Crippen LogP) is 2.30. The van der Waals surface area contributed by atoms with Crippen LogP contribution in [0.5, 0.6) is 0 Å². The minimum atomic E-state index is -0.412.